The Bertz CT molecular complexity index is 374. The second-order valence-electron chi connectivity index (χ2n) is 3.64. The Kier molecular flexibility index (Phi) is 3.55. The van der Waals surface area contributed by atoms with Crippen molar-refractivity contribution in [2.45, 2.75) is 26.8 Å². The number of anilines is 1. The van der Waals surface area contributed by atoms with E-state index in [1.807, 2.05) is 26.0 Å². The molecule has 0 amide bonds. The summed E-state index contributed by atoms with van der Waals surface area (Å²) >= 11 is 0. The van der Waals surface area contributed by atoms with E-state index < -0.39 is 0 Å². The summed E-state index contributed by atoms with van der Waals surface area (Å²) < 4.78 is 0. The number of hydrogen-bond donors (Lipinski definition) is 3. The van der Waals surface area contributed by atoms with Crippen molar-refractivity contribution in [2.24, 2.45) is 10.9 Å². The molecule has 0 radical (unpaired) electrons. The molecule has 1 aromatic rings. The number of hydrogen-bond acceptors (Lipinski definition) is 3. The van der Waals surface area contributed by atoms with Crippen molar-refractivity contribution < 1.29 is 5.21 Å². The zero-order chi connectivity index (χ0) is 11.4. The lowest BCUT2D eigenvalue weighted by molar-refractivity contribution is 0.316. The van der Waals surface area contributed by atoms with Crippen molar-refractivity contribution in [1.82, 2.24) is 0 Å². The highest BCUT2D eigenvalue weighted by Gasteiger charge is 2.08. The largest absolute Gasteiger partial charge is 0.409 e. The normalized spacial score (nSPS) is 13.7. The molecular weight excluding hydrogens is 190 g/mol. The predicted molar refractivity (Wildman–Crippen MR) is 62.4 cm³/mol. The fourth-order valence-electron chi connectivity index (χ4n) is 1.30. The van der Waals surface area contributed by atoms with Crippen molar-refractivity contribution in [2.75, 3.05) is 5.32 Å². The molecule has 0 aliphatic heterocycles. The van der Waals surface area contributed by atoms with E-state index >= 15 is 0 Å². The molecule has 1 rings (SSSR count). The third-order valence-electron chi connectivity index (χ3n) is 2.54. The number of aryl methyl sites for hydroxylation is 1. The highest BCUT2D eigenvalue weighted by molar-refractivity contribution is 5.87. The topological polar surface area (TPSA) is 70.6 Å². The highest BCUT2D eigenvalue weighted by Crippen LogP contribution is 2.18. The monoisotopic (exact) mass is 207 g/mol. The van der Waals surface area contributed by atoms with E-state index in [-0.39, 0.29) is 11.9 Å². The van der Waals surface area contributed by atoms with E-state index in [1.54, 1.807) is 0 Å². The lowest BCUT2D eigenvalue weighted by Crippen LogP contribution is -2.33. The fourth-order valence-corrected chi connectivity index (χ4v) is 1.30. The summed E-state index contributed by atoms with van der Waals surface area (Å²) in [6, 6.07) is 5.82. The Labute approximate surface area is 89.8 Å². The minimum atomic E-state index is -0.185. The molecular formula is C11H17N3O. The SMILES string of the molecule is Cc1cccc(NC(C)C(N)=NO)c1C. The molecule has 0 bridgehead atoms. The van der Waals surface area contributed by atoms with E-state index in [1.165, 1.54) is 11.1 Å². The maximum Gasteiger partial charge on any atom is 0.161 e. The van der Waals surface area contributed by atoms with Gasteiger partial charge in [0.2, 0.25) is 0 Å². The van der Waals surface area contributed by atoms with Gasteiger partial charge >= 0.3 is 0 Å². The zero-order valence-electron chi connectivity index (χ0n) is 9.28. The smallest absolute Gasteiger partial charge is 0.161 e. The van der Waals surface area contributed by atoms with Crippen LogP contribution in [-0.2, 0) is 0 Å². The molecule has 1 atom stereocenters. The second-order valence-corrected chi connectivity index (χ2v) is 3.64. The van der Waals surface area contributed by atoms with Gasteiger partial charge in [0.05, 0.1) is 6.04 Å². The van der Waals surface area contributed by atoms with Crippen LogP contribution >= 0.6 is 0 Å². The van der Waals surface area contributed by atoms with E-state index in [9.17, 15) is 0 Å². The third kappa shape index (κ3) is 2.62. The van der Waals surface area contributed by atoms with Gasteiger partial charge in [-0.3, -0.25) is 0 Å². The van der Waals surface area contributed by atoms with Gasteiger partial charge in [0.25, 0.3) is 0 Å². The quantitative estimate of drug-likeness (QED) is 0.306. The van der Waals surface area contributed by atoms with E-state index in [0.717, 1.165) is 5.69 Å². The molecule has 0 saturated carbocycles. The summed E-state index contributed by atoms with van der Waals surface area (Å²) in [6.07, 6.45) is 0. The van der Waals surface area contributed by atoms with Crippen molar-refractivity contribution in [3.63, 3.8) is 0 Å². The Morgan fingerprint density at radius 2 is 2.13 bits per heavy atom. The number of nitrogens with zero attached hydrogens (tertiary/aromatic N) is 1. The van der Waals surface area contributed by atoms with Crippen LogP contribution in [-0.4, -0.2) is 17.1 Å². The van der Waals surface area contributed by atoms with Gasteiger partial charge in [0.1, 0.15) is 0 Å². The summed E-state index contributed by atoms with van der Waals surface area (Å²) in [5.41, 5.74) is 8.89. The zero-order valence-corrected chi connectivity index (χ0v) is 9.28. The number of rotatable bonds is 3. The maximum absolute atomic E-state index is 8.53. The summed E-state index contributed by atoms with van der Waals surface area (Å²) in [5.74, 6) is 0.177. The number of benzene rings is 1. The van der Waals surface area contributed by atoms with Crippen LogP contribution in [0.15, 0.2) is 23.4 Å². The number of nitrogens with one attached hydrogen (secondary N) is 1. The number of nitrogens with two attached hydrogens (primary N) is 1. The fraction of sp³-hybridized carbons (Fsp3) is 0.364. The molecule has 0 aliphatic rings. The lowest BCUT2D eigenvalue weighted by atomic mass is 10.1. The number of oxime groups is 1. The molecule has 15 heavy (non-hydrogen) atoms. The van der Waals surface area contributed by atoms with E-state index in [2.05, 4.69) is 23.5 Å². The van der Waals surface area contributed by atoms with Crippen LogP contribution in [0.2, 0.25) is 0 Å². The first kappa shape index (κ1) is 11.4. The molecule has 0 aromatic heterocycles. The molecule has 0 fully saturated rings. The van der Waals surface area contributed by atoms with Crippen LogP contribution in [0.4, 0.5) is 5.69 Å². The van der Waals surface area contributed by atoms with E-state index in [4.69, 9.17) is 10.9 Å². The van der Waals surface area contributed by atoms with Crippen LogP contribution < -0.4 is 11.1 Å². The second kappa shape index (κ2) is 4.68. The average Bonchev–Trinajstić information content (AvgIpc) is 2.23. The molecule has 0 heterocycles. The molecule has 0 aliphatic carbocycles. The Hall–Kier alpha value is -1.71. The van der Waals surface area contributed by atoms with Gasteiger partial charge in [-0.05, 0) is 38.0 Å². The molecule has 4 N–H and O–H groups in total. The highest BCUT2D eigenvalue weighted by atomic mass is 16.4. The van der Waals surface area contributed by atoms with Gasteiger partial charge in [-0.25, -0.2) is 0 Å². The third-order valence-corrected chi connectivity index (χ3v) is 2.54. The molecule has 1 unspecified atom stereocenters. The van der Waals surface area contributed by atoms with Gasteiger partial charge in [-0.2, -0.15) is 0 Å². The van der Waals surface area contributed by atoms with Gasteiger partial charge in [0.15, 0.2) is 5.84 Å². The average molecular weight is 207 g/mol. The van der Waals surface area contributed by atoms with Crippen LogP contribution in [0.3, 0.4) is 0 Å². The Morgan fingerprint density at radius 3 is 2.73 bits per heavy atom. The van der Waals surface area contributed by atoms with Gasteiger partial charge < -0.3 is 16.3 Å². The first-order valence-electron chi connectivity index (χ1n) is 4.86. The molecule has 4 nitrogen and oxygen atoms in total. The van der Waals surface area contributed by atoms with Crippen LogP contribution in [0.5, 0.6) is 0 Å². The molecule has 0 saturated heterocycles. The maximum atomic E-state index is 8.53. The molecule has 4 heteroatoms. The van der Waals surface area contributed by atoms with Crippen molar-refractivity contribution in [1.29, 1.82) is 0 Å². The van der Waals surface area contributed by atoms with Gasteiger partial charge in [-0.15, -0.1) is 0 Å². The first-order chi connectivity index (χ1) is 7.06. The predicted octanol–water partition coefficient (Wildman–Crippen LogP) is 1.85. The van der Waals surface area contributed by atoms with Crippen molar-refractivity contribution >= 4 is 11.5 Å². The van der Waals surface area contributed by atoms with Crippen LogP contribution in [0.1, 0.15) is 18.1 Å². The Balaban J connectivity index is 2.86. The summed E-state index contributed by atoms with van der Waals surface area (Å²) in [7, 11) is 0. The first-order valence-corrected chi connectivity index (χ1v) is 4.86. The van der Waals surface area contributed by atoms with Crippen LogP contribution in [0.25, 0.3) is 0 Å². The molecule has 1 aromatic carbocycles. The number of amidine groups is 1. The van der Waals surface area contributed by atoms with Gasteiger partial charge in [0, 0.05) is 5.69 Å². The van der Waals surface area contributed by atoms with Gasteiger partial charge in [-0.1, -0.05) is 17.3 Å². The molecule has 0 spiro atoms. The van der Waals surface area contributed by atoms with Crippen molar-refractivity contribution in [3.05, 3.63) is 29.3 Å². The summed E-state index contributed by atoms with van der Waals surface area (Å²) in [5, 5.41) is 14.7. The standard InChI is InChI=1S/C11H17N3O/c1-7-5-4-6-10(8(7)2)13-9(3)11(12)14-15/h4-6,9,13,15H,1-3H3,(H2,12,14). The summed E-state index contributed by atoms with van der Waals surface area (Å²) in [4.78, 5) is 0. The lowest BCUT2D eigenvalue weighted by Gasteiger charge is -2.16. The summed E-state index contributed by atoms with van der Waals surface area (Å²) in [6.45, 7) is 5.93. The van der Waals surface area contributed by atoms with Crippen molar-refractivity contribution in [3.8, 4) is 0 Å². The van der Waals surface area contributed by atoms with Crippen LogP contribution in [0, 0.1) is 13.8 Å². The minimum absolute atomic E-state index is 0.177. The molecule has 82 valence electrons. The minimum Gasteiger partial charge on any atom is -0.409 e. The Morgan fingerprint density at radius 1 is 1.47 bits per heavy atom. The van der Waals surface area contributed by atoms with E-state index in [0.29, 0.717) is 0 Å².